The third kappa shape index (κ3) is 2.55. The van der Waals surface area contributed by atoms with Gasteiger partial charge in [-0.1, -0.05) is 0 Å². The number of hydrogen-bond donors (Lipinski definition) is 2. The first-order chi connectivity index (χ1) is 6.49. The van der Waals surface area contributed by atoms with E-state index in [0.717, 1.165) is 5.48 Å². The second-order valence-electron chi connectivity index (χ2n) is 2.38. The fraction of sp³-hybridized carbons (Fsp3) is 0.143. The molecule has 0 amide bonds. The maximum absolute atomic E-state index is 12.7. The van der Waals surface area contributed by atoms with Crippen LogP contribution in [-0.2, 0) is 0 Å². The van der Waals surface area contributed by atoms with Crippen molar-refractivity contribution < 1.29 is 27.2 Å². The minimum atomic E-state index is -2.53. The number of rotatable bonds is 2. The zero-order chi connectivity index (χ0) is 10.9. The maximum atomic E-state index is 12.7. The van der Waals surface area contributed by atoms with Crippen molar-refractivity contribution >= 4 is 12.4 Å². The lowest BCUT2D eigenvalue weighted by Crippen LogP contribution is -2.15. The summed E-state index contributed by atoms with van der Waals surface area (Å²) in [4.78, 5) is 0. The van der Waals surface area contributed by atoms with Gasteiger partial charge in [-0.15, -0.1) is 12.4 Å². The molecule has 86 valence electrons. The molecule has 8 heteroatoms. The molecular weight excluding hydrogens is 245 g/mol. The van der Waals surface area contributed by atoms with Gasteiger partial charge in [-0.25, -0.2) is 22.0 Å². The minimum absolute atomic E-state index is 0. The highest BCUT2D eigenvalue weighted by atomic mass is 35.5. The first-order valence-electron chi connectivity index (χ1n) is 3.35. The summed E-state index contributed by atoms with van der Waals surface area (Å²) in [6, 6.07) is 0.113. The van der Waals surface area contributed by atoms with Crippen LogP contribution in [0.2, 0.25) is 0 Å². The largest absolute Gasteiger partial charge is 0.314 e. The third-order valence-corrected chi connectivity index (χ3v) is 1.52. The molecule has 15 heavy (non-hydrogen) atoms. The number of halogens is 6. The molecule has 0 saturated carbocycles. The van der Waals surface area contributed by atoms with E-state index in [4.69, 9.17) is 5.21 Å². The van der Waals surface area contributed by atoms with Gasteiger partial charge < -0.3 is 5.21 Å². The lowest BCUT2D eigenvalue weighted by Gasteiger charge is -2.08. The van der Waals surface area contributed by atoms with Gasteiger partial charge in [0.05, 0.1) is 0 Å². The van der Waals surface area contributed by atoms with Crippen LogP contribution in [0, 0.1) is 23.3 Å². The monoisotopic (exact) mass is 249 g/mol. The van der Waals surface area contributed by atoms with E-state index in [-0.39, 0.29) is 18.5 Å². The number of hydroxylamine groups is 1. The van der Waals surface area contributed by atoms with Crippen molar-refractivity contribution in [2.75, 3.05) is 0 Å². The summed E-state index contributed by atoms with van der Waals surface area (Å²) >= 11 is 0. The van der Waals surface area contributed by atoms with Crippen LogP contribution in [0.15, 0.2) is 6.07 Å². The SMILES string of the molecule is Cl.ONC(F)c1cc(F)c(F)c(F)c1F. The summed E-state index contributed by atoms with van der Waals surface area (Å²) in [5, 5.41) is 8.03. The van der Waals surface area contributed by atoms with E-state index in [1.807, 2.05) is 0 Å². The van der Waals surface area contributed by atoms with E-state index in [1.165, 1.54) is 0 Å². The van der Waals surface area contributed by atoms with Gasteiger partial charge in [-0.05, 0) is 6.07 Å². The summed E-state index contributed by atoms with van der Waals surface area (Å²) in [5.74, 6) is -7.79. The van der Waals surface area contributed by atoms with Gasteiger partial charge >= 0.3 is 0 Å². The van der Waals surface area contributed by atoms with Crippen LogP contribution >= 0.6 is 12.4 Å². The Labute approximate surface area is 87.1 Å². The molecule has 0 saturated heterocycles. The highest BCUT2D eigenvalue weighted by Gasteiger charge is 2.23. The van der Waals surface area contributed by atoms with Crippen molar-refractivity contribution in [3.05, 3.63) is 34.9 Å². The fourth-order valence-electron chi connectivity index (χ4n) is 0.845. The van der Waals surface area contributed by atoms with E-state index in [1.54, 1.807) is 0 Å². The Bertz CT molecular complexity index is 362. The fourth-order valence-corrected chi connectivity index (χ4v) is 0.845. The van der Waals surface area contributed by atoms with Gasteiger partial charge in [0.2, 0.25) is 6.30 Å². The second-order valence-corrected chi connectivity index (χ2v) is 2.38. The molecule has 0 fully saturated rings. The zero-order valence-corrected chi connectivity index (χ0v) is 7.72. The summed E-state index contributed by atoms with van der Waals surface area (Å²) in [5.41, 5.74) is -0.216. The Hall–Kier alpha value is -0.920. The second kappa shape index (κ2) is 5.24. The Morgan fingerprint density at radius 3 is 2.07 bits per heavy atom. The van der Waals surface area contributed by atoms with Gasteiger partial charge in [0.1, 0.15) is 0 Å². The summed E-state index contributed by atoms with van der Waals surface area (Å²) in [6.07, 6.45) is -2.53. The van der Waals surface area contributed by atoms with Crippen LogP contribution in [0.3, 0.4) is 0 Å². The lowest BCUT2D eigenvalue weighted by molar-refractivity contribution is 0.0563. The molecule has 0 aliphatic heterocycles. The van der Waals surface area contributed by atoms with Gasteiger partial charge in [0, 0.05) is 5.56 Å². The molecule has 0 aliphatic carbocycles. The topological polar surface area (TPSA) is 32.3 Å². The predicted molar refractivity (Wildman–Crippen MR) is 42.3 cm³/mol. The number of benzene rings is 1. The first kappa shape index (κ1) is 14.1. The van der Waals surface area contributed by atoms with Crippen LogP contribution in [0.4, 0.5) is 22.0 Å². The molecule has 0 heterocycles. The first-order valence-corrected chi connectivity index (χ1v) is 3.35. The van der Waals surface area contributed by atoms with Crippen LogP contribution in [0.1, 0.15) is 11.9 Å². The number of alkyl halides is 1. The average Bonchev–Trinajstić information content (AvgIpc) is 2.19. The molecule has 0 spiro atoms. The van der Waals surface area contributed by atoms with Crippen molar-refractivity contribution in [1.82, 2.24) is 5.48 Å². The quantitative estimate of drug-likeness (QED) is 0.278. The molecule has 2 nitrogen and oxygen atoms in total. The van der Waals surface area contributed by atoms with Crippen LogP contribution < -0.4 is 5.48 Å². The van der Waals surface area contributed by atoms with Gasteiger partial charge in [0.15, 0.2) is 23.3 Å². The molecule has 1 rings (SSSR count). The van der Waals surface area contributed by atoms with Crippen LogP contribution in [-0.4, -0.2) is 5.21 Å². The molecule has 2 N–H and O–H groups in total. The molecule has 1 atom stereocenters. The lowest BCUT2D eigenvalue weighted by atomic mass is 10.2. The van der Waals surface area contributed by atoms with Crippen molar-refractivity contribution in [3.63, 3.8) is 0 Å². The highest BCUT2D eigenvalue weighted by Crippen LogP contribution is 2.24. The Morgan fingerprint density at radius 2 is 1.60 bits per heavy atom. The zero-order valence-electron chi connectivity index (χ0n) is 6.90. The van der Waals surface area contributed by atoms with E-state index in [9.17, 15) is 22.0 Å². The highest BCUT2D eigenvalue weighted by molar-refractivity contribution is 5.85. The van der Waals surface area contributed by atoms with Crippen LogP contribution in [0.5, 0.6) is 0 Å². The standard InChI is InChI=1S/C7H4F5NO.ClH/c8-3-1-2(7(12)13-14)4(9)6(11)5(3)10;/h1,7,13-14H;1H. The van der Waals surface area contributed by atoms with Gasteiger partial charge in [0.25, 0.3) is 0 Å². The molecule has 0 aromatic heterocycles. The third-order valence-electron chi connectivity index (χ3n) is 1.52. The van der Waals surface area contributed by atoms with E-state index < -0.39 is 35.1 Å². The van der Waals surface area contributed by atoms with Crippen molar-refractivity contribution in [1.29, 1.82) is 0 Å². The van der Waals surface area contributed by atoms with E-state index >= 15 is 0 Å². The predicted octanol–water partition coefficient (Wildman–Crippen LogP) is 2.61. The molecule has 1 unspecified atom stereocenters. The Morgan fingerprint density at radius 1 is 1.07 bits per heavy atom. The smallest absolute Gasteiger partial charge is 0.200 e. The van der Waals surface area contributed by atoms with Crippen molar-refractivity contribution in [2.45, 2.75) is 6.30 Å². The average molecular weight is 250 g/mol. The molecule has 0 bridgehead atoms. The minimum Gasteiger partial charge on any atom is -0.314 e. The van der Waals surface area contributed by atoms with Crippen molar-refractivity contribution in [2.24, 2.45) is 0 Å². The number of hydrogen-bond acceptors (Lipinski definition) is 2. The van der Waals surface area contributed by atoms with Gasteiger partial charge in [-0.3, -0.25) is 0 Å². The van der Waals surface area contributed by atoms with E-state index in [0.29, 0.717) is 0 Å². The van der Waals surface area contributed by atoms with E-state index in [2.05, 4.69) is 0 Å². The molecule has 0 aliphatic rings. The normalized spacial score (nSPS) is 12.1. The molecule has 1 aromatic rings. The Balaban J connectivity index is 0.00000196. The van der Waals surface area contributed by atoms with Gasteiger partial charge in [-0.2, -0.15) is 5.48 Å². The maximum Gasteiger partial charge on any atom is 0.200 e. The Kier molecular flexibility index (Phi) is 4.92. The number of nitrogens with one attached hydrogen (secondary N) is 1. The summed E-state index contributed by atoms with van der Waals surface area (Å²) in [7, 11) is 0. The summed E-state index contributed by atoms with van der Waals surface area (Å²) in [6.45, 7) is 0. The van der Waals surface area contributed by atoms with Crippen LogP contribution in [0.25, 0.3) is 0 Å². The molecule has 0 radical (unpaired) electrons. The molecule has 1 aromatic carbocycles. The summed E-state index contributed by atoms with van der Waals surface area (Å²) < 4.78 is 62.6. The molecular formula is C7H5ClF5NO. The van der Waals surface area contributed by atoms with Crippen molar-refractivity contribution in [3.8, 4) is 0 Å².